The van der Waals surface area contributed by atoms with Crippen LogP contribution < -0.4 is 5.32 Å². The molecule has 1 N–H and O–H groups in total. The Morgan fingerprint density at radius 3 is 1.88 bits per heavy atom. The molecule has 0 unspecified atom stereocenters. The first-order valence-electron chi connectivity index (χ1n) is 12.6. The van der Waals surface area contributed by atoms with E-state index in [2.05, 4.69) is 59.0 Å². The Kier molecular flexibility index (Phi) is 8.62. The van der Waals surface area contributed by atoms with Gasteiger partial charge in [0, 0.05) is 32.1 Å². The van der Waals surface area contributed by atoms with Gasteiger partial charge in [-0.05, 0) is 60.4 Å². The first-order chi connectivity index (χ1) is 15.5. The highest BCUT2D eigenvalue weighted by Crippen LogP contribution is 2.36. The molecule has 1 amide bonds. The minimum absolute atomic E-state index is 0.0167. The maximum atomic E-state index is 13.8. The summed E-state index contributed by atoms with van der Waals surface area (Å²) in [5.41, 5.74) is 3.07. The van der Waals surface area contributed by atoms with Crippen molar-refractivity contribution in [3.63, 3.8) is 0 Å². The molecule has 1 aromatic carbocycles. The maximum Gasteiger partial charge on any atom is 0.225 e. The summed E-state index contributed by atoms with van der Waals surface area (Å²) < 4.78 is 27.5. The van der Waals surface area contributed by atoms with E-state index in [9.17, 15) is 13.2 Å². The van der Waals surface area contributed by atoms with Gasteiger partial charge >= 0.3 is 0 Å². The number of carbonyl (C=O) groups excluding carboxylic acids is 1. The van der Waals surface area contributed by atoms with Crippen molar-refractivity contribution in [2.24, 2.45) is 5.92 Å². The second kappa shape index (κ2) is 10.9. The fourth-order valence-electron chi connectivity index (χ4n) is 4.98. The molecule has 2 fully saturated rings. The third-order valence-electron chi connectivity index (χ3n) is 7.12. The average Bonchev–Trinajstić information content (AvgIpc) is 2.78. The second-order valence-electron chi connectivity index (χ2n) is 10.7. The van der Waals surface area contributed by atoms with E-state index in [1.54, 1.807) is 0 Å². The predicted molar refractivity (Wildman–Crippen MR) is 135 cm³/mol. The van der Waals surface area contributed by atoms with Crippen molar-refractivity contribution in [2.45, 2.75) is 77.0 Å². The summed E-state index contributed by atoms with van der Waals surface area (Å²) in [6, 6.07) is 4.20. The number of piperidine rings is 1. The zero-order valence-electron chi connectivity index (χ0n) is 21.4. The molecule has 6 nitrogen and oxygen atoms in total. The lowest BCUT2D eigenvalue weighted by atomic mass is 9.89. The van der Waals surface area contributed by atoms with Gasteiger partial charge in [-0.25, -0.2) is 8.42 Å². The molecule has 2 aliphatic heterocycles. The minimum Gasteiger partial charge on any atom is -0.340 e. The lowest BCUT2D eigenvalue weighted by Crippen LogP contribution is -2.52. The molecule has 0 atom stereocenters. The van der Waals surface area contributed by atoms with Gasteiger partial charge in [-0.1, -0.05) is 53.7 Å². The standard InChI is InChI=1S/C26H43N3O3S/c1-18(2)22-15-23(19(3)4)25(24(16-22)20(5)6)33(31,32)17-28-11-13-29(14-12-28)26(30)21-7-9-27-10-8-21/h15-16,18-21,27H,7-14,17H2,1-6H3. The molecule has 3 rings (SSSR count). The van der Waals surface area contributed by atoms with E-state index >= 15 is 0 Å². The number of nitrogens with one attached hydrogen (secondary N) is 1. The number of nitrogens with zero attached hydrogens (tertiary/aromatic N) is 2. The summed E-state index contributed by atoms with van der Waals surface area (Å²) in [7, 11) is -3.50. The van der Waals surface area contributed by atoms with Crippen LogP contribution in [0.5, 0.6) is 0 Å². The monoisotopic (exact) mass is 477 g/mol. The average molecular weight is 478 g/mol. The second-order valence-corrected chi connectivity index (χ2v) is 12.6. The molecular formula is C26H43N3O3S. The first kappa shape index (κ1) is 26.2. The highest BCUT2D eigenvalue weighted by atomic mass is 32.2. The van der Waals surface area contributed by atoms with E-state index in [1.165, 1.54) is 5.56 Å². The Balaban J connectivity index is 1.77. The highest BCUT2D eigenvalue weighted by molar-refractivity contribution is 7.91. The number of hydrogen-bond acceptors (Lipinski definition) is 5. The van der Waals surface area contributed by atoms with Crippen molar-refractivity contribution < 1.29 is 13.2 Å². The van der Waals surface area contributed by atoms with E-state index in [0.29, 0.717) is 37.0 Å². The van der Waals surface area contributed by atoms with E-state index in [1.807, 2.05) is 9.80 Å². The van der Waals surface area contributed by atoms with Crippen LogP contribution in [0, 0.1) is 5.92 Å². The topological polar surface area (TPSA) is 69.7 Å². The van der Waals surface area contributed by atoms with Gasteiger partial charge < -0.3 is 10.2 Å². The Labute approximate surface area is 201 Å². The van der Waals surface area contributed by atoms with Gasteiger partial charge in [0.25, 0.3) is 0 Å². The van der Waals surface area contributed by atoms with E-state index < -0.39 is 9.84 Å². The molecule has 0 radical (unpaired) electrons. The Bertz CT molecular complexity index is 897. The van der Waals surface area contributed by atoms with Crippen LogP contribution in [0.1, 0.15) is 88.8 Å². The van der Waals surface area contributed by atoms with Gasteiger partial charge in [0.05, 0.1) is 4.90 Å². The number of rotatable bonds is 7. The largest absolute Gasteiger partial charge is 0.340 e. The SMILES string of the molecule is CC(C)c1cc(C(C)C)c(S(=O)(=O)CN2CCN(C(=O)C3CCNCC3)CC2)c(C(C)C)c1. The molecule has 0 saturated carbocycles. The number of sulfone groups is 1. The molecule has 2 heterocycles. The molecule has 0 bridgehead atoms. The molecular weight excluding hydrogens is 434 g/mol. The molecule has 0 spiro atoms. The fraction of sp³-hybridized carbons (Fsp3) is 0.731. The van der Waals surface area contributed by atoms with E-state index in [0.717, 1.165) is 37.1 Å². The molecule has 2 aliphatic rings. The predicted octanol–water partition coefficient (Wildman–Crippen LogP) is 3.93. The van der Waals surface area contributed by atoms with Gasteiger partial charge in [-0.3, -0.25) is 9.69 Å². The number of benzene rings is 1. The van der Waals surface area contributed by atoms with Crippen LogP contribution in [0.2, 0.25) is 0 Å². The lowest BCUT2D eigenvalue weighted by Gasteiger charge is -2.37. The van der Waals surface area contributed by atoms with Crippen molar-refractivity contribution >= 4 is 15.7 Å². The Hall–Kier alpha value is -1.44. The van der Waals surface area contributed by atoms with Gasteiger partial charge in [0.15, 0.2) is 9.84 Å². The first-order valence-corrected chi connectivity index (χ1v) is 14.3. The van der Waals surface area contributed by atoms with Crippen LogP contribution in [0.4, 0.5) is 0 Å². The van der Waals surface area contributed by atoms with Crippen molar-refractivity contribution in [3.8, 4) is 0 Å². The quantitative estimate of drug-likeness (QED) is 0.644. The maximum absolute atomic E-state index is 13.8. The smallest absolute Gasteiger partial charge is 0.225 e. The highest BCUT2D eigenvalue weighted by Gasteiger charge is 2.32. The fourth-order valence-corrected chi connectivity index (χ4v) is 7.15. The van der Waals surface area contributed by atoms with Crippen LogP contribution >= 0.6 is 0 Å². The van der Waals surface area contributed by atoms with E-state index in [-0.39, 0.29) is 29.5 Å². The normalized spacial score (nSPS) is 19.1. The summed E-state index contributed by atoms with van der Waals surface area (Å²) in [6.07, 6.45) is 1.80. The van der Waals surface area contributed by atoms with Crippen LogP contribution in [-0.4, -0.2) is 69.3 Å². The van der Waals surface area contributed by atoms with Gasteiger partial charge in [0.2, 0.25) is 5.91 Å². The van der Waals surface area contributed by atoms with Crippen molar-refractivity contribution in [1.82, 2.24) is 15.1 Å². The summed E-state index contributed by atoms with van der Waals surface area (Å²) in [4.78, 5) is 17.3. The molecule has 186 valence electrons. The molecule has 0 aromatic heterocycles. The Morgan fingerprint density at radius 1 is 0.909 bits per heavy atom. The number of amides is 1. The molecule has 1 aromatic rings. The molecule has 0 aliphatic carbocycles. The molecule has 2 saturated heterocycles. The number of hydrogen-bond donors (Lipinski definition) is 1. The van der Waals surface area contributed by atoms with Crippen LogP contribution in [0.3, 0.4) is 0 Å². The third-order valence-corrected chi connectivity index (χ3v) is 8.91. The Morgan fingerprint density at radius 2 is 1.42 bits per heavy atom. The number of piperazine rings is 1. The lowest BCUT2D eigenvalue weighted by molar-refractivity contribution is -0.138. The van der Waals surface area contributed by atoms with Gasteiger partial charge in [-0.15, -0.1) is 0 Å². The van der Waals surface area contributed by atoms with Crippen LogP contribution in [0.25, 0.3) is 0 Å². The summed E-state index contributed by atoms with van der Waals surface area (Å²) in [5.74, 6) is 0.983. The van der Waals surface area contributed by atoms with Crippen LogP contribution in [-0.2, 0) is 14.6 Å². The zero-order valence-corrected chi connectivity index (χ0v) is 22.2. The summed E-state index contributed by atoms with van der Waals surface area (Å²) >= 11 is 0. The summed E-state index contributed by atoms with van der Waals surface area (Å²) in [5, 5.41) is 3.31. The minimum atomic E-state index is -3.50. The molecule has 7 heteroatoms. The molecule has 33 heavy (non-hydrogen) atoms. The van der Waals surface area contributed by atoms with Gasteiger partial charge in [-0.2, -0.15) is 0 Å². The summed E-state index contributed by atoms with van der Waals surface area (Å²) in [6.45, 7) is 16.9. The zero-order chi connectivity index (χ0) is 24.3. The van der Waals surface area contributed by atoms with Crippen molar-refractivity contribution in [3.05, 3.63) is 28.8 Å². The third kappa shape index (κ3) is 6.17. The number of carbonyl (C=O) groups is 1. The van der Waals surface area contributed by atoms with Crippen LogP contribution in [0.15, 0.2) is 17.0 Å². The van der Waals surface area contributed by atoms with Gasteiger partial charge in [0.1, 0.15) is 5.88 Å². The van der Waals surface area contributed by atoms with Crippen molar-refractivity contribution in [2.75, 3.05) is 45.1 Å². The van der Waals surface area contributed by atoms with Crippen molar-refractivity contribution in [1.29, 1.82) is 0 Å². The van der Waals surface area contributed by atoms with E-state index in [4.69, 9.17) is 0 Å².